The lowest BCUT2D eigenvalue weighted by Gasteiger charge is -2.26. The van der Waals surface area contributed by atoms with Gasteiger partial charge in [-0.2, -0.15) is 0 Å². The average molecular weight is 417 g/mol. The highest BCUT2D eigenvalue weighted by atomic mass is 32.2. The number of rotatable bonds is 6. The van der Waals surface area contributed by atoms with Gasteiger partial charge in [0.15, 0.2) is 0 Å². The van der Waals surface area contributed by atoms with Crippen molar-refractivity contribution in [2.45, 2.75) is 38.1 Å². The van der Waals surface area contributed by atoms with Crippen molar-refractivity contribution < 1.29 is 14.7 Å². The highest BCUT2D eigenvalue weighted by molar-refractivity contribution is 7.99. The zero-order valence-electron chi connectivity index (χ0n) is 17.3. The molecule has 2 aliphatic rings. The number of pyridine rings is 1. The third-order valence-corrected chi connectivity index (χ3v) is 7.36. The third kappa shape index (κ3) is 3.70. The molecule has 1 saturated carbocycles. The summed E-state index contributed by atoms with van der Waals surface area (Å²) in [4.78, 5) is 31.2. The summed E-state index contributed by atoms with van der Waals surface area (Å²) in [6, 6.07) is 4.13. The summed E-state index contributed by atoms with van der Waals surface area (Å²) in [6.45, 7) is 9.26. The second-order valence-corrected chi connectivity index (χ2v) is 10.1. The molecule has 2 N–H and O–H groups in total. The van der Waals surface area contributed by atoms with Crippen LogP contribution >= 0.6 is 11.8 Å². The number of aromatic nitrogens is 2. The molecule has 2 amide bonds. The number of nitrogens with one attached hydrogen (secondary N) is 1. The van der Waals surface area contributed by atoms with E-state index in [1.807, 2.05) is 44.1 Å². The fourth-order valence-electron chi connectivity index (χ4n) is 4.36. The molecule has 0 aromatic carbocycles. The van der Waals surface area contributed by atoms with Gasteiger partial charge in [-0.15, -0.1) is 11.8 Å². The Morgan fingerprint density at radius 2 is 2.03 bits per heavy atom. The lowest BCUT2D eigenvalue weighted by Crippen LogP contribution is -2.44. The van der Waals surface area contributed by atoms with Crippen LogP contribution in [0.5, 0.6) is 0 Å². The molecule has 4 rings (SSSR count). The Bertz CT molecular complexity index is 943. The summed E-state index contributed by atoms with van der Waals surface area (Å²) in [6.07, 6.45) is 2.97. The van der Waals surface area contributed by atoms with E-state index in [1.54, 1.807) is 0 Å². The number of amides is 2. The summed E-state index contributed by atoms with van der Waals surface area (Å²) in [5.41, 5.74) is 0.421. The van der Waals surface area contributed by atoms with Gasteiger partial charge in [0.1, 0.15) is 5.82 Å². The maximum absolute atomic E-state index is 12.9. The molecule has 0 bridgehead atoms. The van der Waals surface area contributed by atoms with Gasteiger partial charge in [-0.1, -0.05) is 13.8 Å². The SMILES string of the molecule is CC(C)CSc1cccn2c(C(C)(C)NC(=O)C3[C@H]4CN(C(=O)O)C[C@@H]34)ncc12. The number of likely N-dealkylation sites (tertiary alicyclic amines) is 1. The highest BCUT2D eigenvalue weighted by Crippen LogP contribution is 2.52. The summed E-state index contributed by atoms with van der Waals surface area (Å²) in [5.74, 6) is 2.65. The van der Waals surface area contributed by atoms with E-state index in [-0.39, 0.29) is 23.7 Å². The van der Waals surface area contributed by atoms with E-state index in [0.29, 0.717) is 19.0 Å². The Labute approximate surface area is 174 Å². The number of hydrogen-bond donors (Lipinski definition) is 2. The van der Waals surface area contributed by atoms with Gasteiger partial charge in [-0.25, -0.2) is 9.78 Å². The Hall–Kier alpha value is -2.22. The topological polar surface area (TPSA) is 86.9 Å². The fraction of sp³-hybridized carbons (Fsp3) is 0.571. The minimum absolute atomic E-state index is 0.00266. The molecule has 0 radical (unpaired) electrons. The van der Waals surface area contributed by atoms with Crippen LogP contribution in [0.3, 0.4) is 0 Å². The maximum Gasteiger partial charge on any atom is 0.407 e. The second-order valence-electron chi connectivity index (χ2n) is 9.07. The van der Waals surface area contributed by atoms with Crippen LogP contribution in [0, 0.1) is 23.7 Å². The Balaban J connectivity index is 1.48. The molecule has 2 aromatic rings. The van der Waals surface area contributed by atoms with Crippen molar-refractivity contribution in [2.24, 2.45) is 23.7 Å². The minimum atomic E-state index is -0.897. The molecule has 2 aromatic heterocycles. The van der Waals surface area contributed by atoms with Crippen LogP contribution in [-0.4, -0.2) is 50.2 Å². The van der Waals surface area contributed by atoms with Crippen LogP contribution < -0.4 is 5.32 Å². The van der Waals surface area contributed by atoms with E-state index in [1.165, 1.54) is 9.80 Å². The Morgan fingerprint density at radius 1 is 1.34 bits per heavy atom. The maximum atomic E-state index is 12.9. The lowest BCUT2D eigenvalue weighted by molar-refractivity contribution is -0.125. The van der Waals surface area contributed by atoms with Gasteiger partial charge in [-0.05, 0) is 43.7 Å². The molecule has 2 fully saturated rings. The first kappa shape index (κ1) is 20.1. The molecule has 7 nitrogen and oxygen atoms in total. The molecule has 3 heterocycles. The van der Waals surface area contributed by atoms with Crippen LogP contribution in [-0.2, 0) is 10.3 Å². The third-order valence-electron chi connectivity index (χ3n) is 5.87. The van der Waals surface area contributed by atoms with Crippen LogP contribution in [0.2, 0.25) is 0 Å². The smallest absolute Gasteiger partial charge is 0.407 e. The number of imidazole rings is 1. The van der Waals surface area contributed by atoms with Crippen molar-refractivity contribution in [1.82, 2.24) is 19.6 Å². The van der Waals surface area contributed by atoms with Gasteiger partial charge >= 0.3 is 6.09 Å². The predicted molar refractivity (Wildman–Crippen MR) is 112 cm³/mol. The summed E-state index contributed by atoms with van der Waals surface area (Å²) < 4.78 is 2.06. The minimum Gasteiger partial charge on any atom is -0.465 e. The summed E-state index contributed by atoms with van der Waals surface area (Å²) >= 11 is 1.82. The number of carbonyl (C=O) groups is 2. The van der Waals surface area contributed by atoms with Gasteiger partial charge < -0.3 is 19.7 Å². The number of carbonyl (C=O) groups excluding carboxylic acids is 1. The van der Waals surface area contributed by atoms with Gasteiger partial charge in [0.05, 0.1) is 17.3 Å². The van der Waals surface area contributed by atoms with Crippen LogP contribution in [0.4, 0.5) is 4.79 Å². The molecule has 1 saturated heterocycles. The van der Waals surface area contributed by atoms with E-state index < -0.39 is 11.6 Å². The van der Waals surface area contributed by atoms with Crippen LogP contribution in [0.25, 0.3) is 5.52 Å². The summed E-state index contributed by atoms with van der Waals surface area (Å²) in [5, 5.41) is 12.3. The van der Waals surface area contributed by atoms with E-state index >= 15 is 0 Å². The first-order valence-corrected chi connectivity index (χ1v) is 11.1. The fourth-order valence-corrected chi connectivity index (χ4v) is 5.34. The number of carboxylic acid groups (broad SMARTS) is 1. The molecule has 1 unspecified atom stereocenters. The summed E-state index contributed by atoms with van der Waals surface area (Å²) in [7, 11) is 0. The zero-order valence-corrected chi connectivity index (χ0v) is 18.1. The lowest BCUT2D eigenvalue weighted by atomic mass is 10.0. The van der Waals surface area contributed by atoms with Crippen molar-refractivity contribution in [2.75, 3.05) is 18.8 Å². The number of nitrogens with zero attached hydrogens (tertiary/aromatic N) is 3. The van der Waals surface area contributed by atoms with Crippen molar-refractivity contribution in [3.63, 3.8) is 0 Å². The Morgan fingerprint density at radius 3 is 2.66 bits per heavy atom. The van der Waals surface area contributed by atoms with Gasteiger partial charge in [0, 0.05) is 35.9 Å². The Kier molecular flexibility index (Phi) is 5.01. The van der Waals surface area contributed by atoms with E-state index in [2.05, 4.69) is 34.6 Å². The highest BCUT2D eigenvalue weighted by Gasteiger charge is 2.60. The second kappa shape index (κ2) is 7.23. The molecular weight excluding hydrogens is 388 g/mol. The van der Waals surface area contributed by atoms with E-state index in [4.69, 9.17) is 5.11 Å². The van der Waals surface area contributed by atoms with Gasteiger partial charge in [0.2, 0.25) is 5.91 Å². The monoisotopic (exact) mass is 416 g/mol. The van der Waals surface area contributed by atoms with Gasteiger partial charge in [-0.3, -0.25) is 4.79 Å². The normalized spacial score (nSPS) is 23.5. The molecule has 8 heteroatoms. The molecule has 1 aliphatic heterocycles. The van der Waals surface area contributed by atoms with Crippen molar-refractivity contribution >= 4 is 29.3 Å². The standard InChI is InChI=1S/C21H28N4O3S/c1-12(2)11-29-16-6-5-7-25-15(16)8-22-19(25)21(3,4)23-18(26)17-13-9-24(20(27)28)10-14(13)17/h5-8,12-14,17H,9-11H2,1-4H3,(H,23,26)(H,27,28)/t13-,14+,17?. The number of piperidine rings is 1. The molecule has 156 valence electrons. The van der Waals surface area contributed by atoms with E-state index in [9.17, 15) is 9.59 Å². The predicted octanol–water partition coefficient (Wildman–Crippen LogP) is 3.29. The largest absolute Gasteiger partial charge is 0.465 e. The van der Waals surface area contributed by atoms with Crippen LogP contribution in [0.1, 0.15) is 33.5 Å². The van der Waals surface area contributed by atoms with E-state index in [0.717, 1.165) is 17.1 Å². The van der Waals surface area contributed by atoms with Crippen molar-refractivity contribution in [1.29, 1.82) is 0 Å². The average Bonchev–Trinajstić information content (AvgIpc) is 2.98. The first-order valence-electron chi connectivity index (χ1n) is 10.1. The number of thioether (sulfide) groups is 1. The molecular formula is C21H28N4O3S. The van der Waals surface area contributed by atoms with Crippen LogP contribution in [0.15, 0.2) is 29.4 Å². The number of hydrogen-bond acceptors (Lipinski definition) is 4. The molecule has 1 aliphatic carbocycles. The first-order chi connectivity index (χ1) is 13.7. The zero-order chi connectivity index (χ0) is 20.9. The van der Waals surface area contributed by atoms with Gasteiger partial charge in [0.25, 0.3) is 0 Å². The van der Waals surface area contributed by atoms with Crippen molar-refractivity contribution in [3.05, 3.63) is 30.4 Å². The molecule has 29 heavy (non-hydrogen) atoms. The molecule has 0 spiro atoms. The van der Waals surface area contributed by atoms with Crippen molar-refractivity contribution in [3.8, 4) is 0 Å². The molecule has 3 atom stereocenters. The number of fused-ring (bicyclic) bond motifs is 2. The quantitative estimate of drug-likeness (QED) is 0.706.